The van der Waals surface area contributed by atoms with Gasteiger partial charge in [0.15, 0.2) is 0 Å². The molecule has 0 radical (unpaired) electrons. The molecule has 5 nitrogen and oxygen atoms in total. The van der Waals surface area contributed by atoms with E-state index < -0.39 is 6.10 Å². The summed E-state index contributed by atoms with van der Waals surface area (Å²) in [5, 5.41) is 23.2. The van der Waals surface area contributed by atoms with Gasteiger partial charge in [0.1, 0.15) is 6.10 Å². The highest BCUT2D eigenvalue weighted by atomic mass is 16.3. The van der Waals surface area contributed by atoms with Gasteiger partial charge in [0.25, 0.3) is 0 Å². The van der Waals surface area contributed by atoms with Crippen LogP contribution < -0.4 is 0 Å². The number of aromatic nitrogens is 2. The minimum atomic E-state index is -0.884. The maximum absolute atomic E-state index is 9.73. The highest BCUT2D eigenvalue weighted by molar-refractivity contribution is 5.23. The summed E-state index contributed by atoms with van der Waals surface area (Å²) in [5.41, 5.74) is 4.38. The smallest absolute Gasteiger partial charge is 0.121 e. The molecule has 0 unspecified atom stereocenters. The number of nitrogens with zero attached hydrogens (tertiary/aromatic N) is 3. The third kappa shape index (κ3) is 4.04. The van der Waals surface area contributed by atoms with Crippen molar-refractivity contribution < 1.29 is 10.2 Å². The lowest BCUT2D eigenvalue weighted by Gasteiger charge is -2.27. The predicted octanol–water partition coefficient (Wildman–Crippen LogP) is 2.12. The van der Waals surface area contributed by atoms with Gasteiger partial charge in [-0.05, 0) is 29.5 Å². The molecule has 130 valence electrons. The van der Waals surface area contributed by atoms with Gasteiger partial charge in [0.2, 0.25) is 0 Å². The minimum absolute atomic E-state index is 0.289. The Balaban J connectivity index is 1.62. The van der Waals surface area contributed by atoms with Gasteiger partial charge in [-0.2, -0.15) is 5.10 Å². The van der Waals surface area contributed by atoms with Crippen molar-refractivity contribution in [3.8, 4) is 0 Å². The highest BCUT2D eigenvalue weighted by Gasteiger charge is 2.20. The second kappa shape index (κ2) is 7.47. The summed E-state index contributed by atoms with van der Waals surface area (Å²) in [6.45, 7) is 7.70. The van der Waals surface area contributed by atoms with Crippen LogP contribution in [0.2, 0.25) is 0 Å². The molecular formula is C19H27N3O2. The Kier molecular flexibility index (Phi) is 5.33. The monoisotopic (exact) mass is 329 g/mol. The molecule has 0 spiro atoms. The highest BCUT2D eigenvalue weighted by Crippen LogP contribution is 2.20. The molecule has 2 heterocycles. The molecule has 0 bridgehead atoms. The second-order valence-electron chi connectivity index (χ2n) is 7.11. The van der Waals surface area contributed by atoms with Crippen LogP contribution in [0.15, 0.2) is 30.3 Å². The summed E-state index contributed by atoms with van der Waals surface area (Å²) in [6, 6.07) is 10.8. The summed E-state index contributed by atoms with van der Waals surface area (Å²) >= 11 is 0. The molecule has 0 saturated heterocycles. The van der Waals surface area contributed by atoms with Gasteiger partial charge in [-0.1, -0.05) is 38.1 Å². The minimum Gasteiger partial charge on any atom is -0.393 e. The van der Waals surface area contributed by atoms with Crippen LogP contribution in [0.25, 0.3) is 0 Å². The van der Waals surface area contributed by atoms with Crippen LogP contribution in [-0.4, -0.2) is 38.0 Å². The summed E-state index contributed by atoms with van der Waals surface area (Å²) < 4.78 is 1.94. The number of rotatable bonds is 6. The topological polar surface area (TPSA) is 61.5 Å². The lowest BCUT2D eigenvalue weighted by Crippen LogP contribution is -2.33. The van der Waals surface area contributed by atoms with Crippen molar-refractivity contribution >= 4 is 0 Å². The molecule has 2 aromatic rings. The van der Waals surface area contributed by atoms with Gasteiger partial charge in [-0.3, -0.25) is 9.58 Å². The van der Waals surface area contributed by atoms with Gasteiger partial charge in [-0.25, -0.2) is 0 Å². The van der Waals surface area contributed by atoms with E-state index in [1.54, 1.807) is 0 Å². The molecule has 0 amide bonds. The molecule has 2 N–H and O–H groups in total. The van der Waals surface area contributed by atoms with E-state index in [9.17, 15) is 5.11 Å². The van der Waals surface area contributed by atoms with Gasteiger partial charge < -0.3 is 10.2 Å². The summed E-state index contributed by atoms with van der Waals surface area (Å²) in [6.07, 6.45) is 0.240. The molecule has 24 heavy (non-hydrogen) atoms. The van der Waals surface area contributed by atoms with E-state index >= 15 is 0 Å². The average Bonchev–Trinajstić information content (AvgIpc) is 2.99. The van der Waals surface area contributed by atoms with Crippen molar-refractivity contribution in [2.24, 2.45) is 5.92 Å². The van der Waals surface area contributed by atoms with Crippen molar-refractivity contribution in [2.45, 2.75) is 46.0 Å². The van der Waals surface area contributed by atoms with Crippen molar-refractivity contribution in [2.75, 3.05) is 13.2 Å². The fourth-order valence-electron chi connectivity index (χ4n) is 3.24. The maximum atomic E-state index is 9.73. The van der Waals surface area contributed by atoms with Crippen LogP contribution in [0.3, 0.4) is 0 Å². The van der Waals surface area contributed by atoms with Gasteiger partial charge in [0.05, 0.1) is 24.5 Å². The van der Waals surface area contributed by atoms with E-state index in [1.165, 1.54) is 11.1 Å². The molecule has 1 atom stereocenters. The molecule has 0 fully saturated rings. The molecule has 0 aliphatic carbocycles. The summed E-state index contributed by atoms with van der Waals surface area (Å²) in [7, 11) is 0. The van der Waals surface area contributed by atoms with E-state index in [4.69, 9.17) is 5.11 Å². The summed E-state index contributed by atoms with van der Waals surface area (Å²) in [4.78, 5) is 2.39. The van der Waals surface area contributed by atoms with Gasteiger partial charge in [-0.15, -0.1) is 0 Å². The Bertz CT molecular complexity index is 664. The van der Waals surface area contributed by atoms with Crippen LogP contribution >= 0.6 is 0 Å². The molecule has 1 aromatic carbocycles. The van der Waals surface area contributed by atoms with Crippen LogP contribution in [0.4, 0.5) is 0 Å². The molecule has 5 heteroatoms. The lowest BCUT2D eigenvalue weighted by molar-refractivity contribution is 0.0915. The summed E-state index contributed by atoms with van der Waals surface area (Å²) in [5.74, 6) is 0.682. The van der Waals surface area contributed by atoms with E-state index in [2.05, 4.69) is 48.1 Å². The molecule has 1 aliphatic rings. The Morgan fingerprint density at radius 1 is 1.12 bits per heavy atom. The largest absolute Gasteiger partial charge is 0.393 e. The van der Waals surface area contributed by atoms with Crippen molar-refractivity contribution in [1.29, 1.82) is 0 Å². The zero-order chi connectivity index (χ0) is 17.1. The number of hydrogen-bond donors (Lipinski definition) is 2. The van der Waals surface area contributed by atoms with E-state index in [0.29, 0.717) is 11.6 Å². The predicted molar refractivity (Wildman–Crippen MR) is 93.4 cm³/mol. The Morgan fingerprint density at radius 2 is 1.83 bits per heavy atom. The van der Waals surface area contributed by atoms with Gasteiger partial charge >= 0.3 is 0 Å². The molecule has 1 aromatic heterocycles. The first-order chi connectivity index (χ1) is 11.5. The maximum Gasteiger partial charge on any atom is 0.121 e. The van der Waals surface area contributed by atoms with Crippen molar-refractivity contribution in [3.05, 3.63) is 52.8 Å². The van der Waals surface area contributed by atoms with Gasteiger partial charge in [0, 0.05) is 19.6 Å². The van der Waals surface area contributed by atoms with Crippen molar-refractivity contribution in [3.63, 3.8) is 0 Å². The Labute approximate surface area is 143 Å². The average molecular weight is 329 g/mol. The number of hydrogen-bond acceptors (Lipinski definition) is 4. The zero-order valence-electron chi connectivity index (χ0n) is 14.5. The normalized spacial score (nSPS) is 16.4. The standard InChI is InChI=1S/C19H27N3O2/c1-14(2)9-15-3-5-16(6-4-15)11-21-7-8-22-17(12-21)10-18(20-22)19(24)13-23/h3-6,10,14,19,23-24H,7-9,11-13H2,1-2H3/t19-/m0/s1. The van der Waals surface area contributed by atoms with Crippen LogP contribution in [-0.2, 0) is 26.1 Å². The second-order valence-corrected chi connectivity index (χ2v) is 7.11. The first kappa shape index (κ1) is 17.1. The number of benzene rings is 1. The quantitative estimate of drug-likeness (QED) is 0.852. The molecule has 0 saturated carbocycles. The van der Waals surface area contributed by atoms with Crippen LogP contribution in [0.1, 0.15) is 42.5 Å². The third-order valence-corrected chi connectivity index (χ3v) is 4.48. The SMILES string of the molecule is CC(C)Cc1ccc(CN2CCn3nc([C@@H](O)CO)cc3C2)cc1. The first-order valence-electron chi connectivity index (χ1n) is 8.71. The molecule has 1 aliphatic heterocycles. The Morgan fingerprint density at radius 3 is 2.50 bits per heavy atom. The number of fused-ring (bicyclic) bond motifs is 1. The molecule has 3 rings (SSSR count). The zero-order valence-corrected chi connectivity index (χ0v) is 14.5. The number of aliphatic hydroxyl groups is 2. The van der Waals surface area contributed by atoms with Crippen LogP contribution in [0.5, 0.6) is 0 Å². The lowest BCUT2D eigenvalue weighted by atomic mass is 10.0. The fraction of sp³-hybridized carbons (Fsp3) is 0.526. The van der Waals surface area contributed by atoms with Crippen LogP contribution in [0, 0.1) is 5.92 Å². The Hall–Kier alpha value is -1.69. The van der Waals surface area contributed by atoms with E-state index in [-0.39, 0.29) is 6.61 Å². The number of aliphatic hydroxyl groups excluding tert-OH is 2. The van der Waals surface area contributed by atoms with Crippen molar-refractivity contribution in [1.82, 2.24) is 14.7 Å². The fourth-order valence-corrected chi connectivity index (χ4v) is 3.24. The van der Waals surface area contributed by atoms with E-state index in [0.717, 1.165) is 38.3 Å². The van der Waals surface area contributed by atoms with E-state index in [1.807, 2.05) is 10.7 Å². The molecular weight excluding hydrogens is 302 g/mol. The third-order valence-electron chi connectivity index (χ3n) is 4.48. The first-order valence-corrected chi connectivity index (χ1v) is 8.71.